The summed E-state index contributed by atoms with van der Waals surface area (Å²) in [5.41, 5.74) is 0.341. The molecule has 1 fully saturated rings. The number of halogens is 2. The normalized spacial score (nSPS) is 14.3. The van der Waals surface area contributed by atoms with E-state index in [1.807, 2.05) is 0 Å². The van der Waals surface area contributed by atoms with E-state index in [1.54, 1.807) is 18.2 Å². The van der Waals surface area contributed by atoms with E-state index < -0.39 is 5.97 Å². The Balaban J connectivity index is 2.24. The molecule has 2 rings (SSSR count). The third-order valence-electron chi connectivity index (χ3n) is 2.72. The molecule has 0 aromatic heterocycles. The van der Waals surface area contributed by atoms with E-state index in [2.05, 4.69) is 15.9 Å². The van der Waals surface area contributed by atoms with E-state index in [0.29, 0.717) is 10.6 Å². The van der Waals surface area contributed by atoms with E-state index in [1.165, 1.54) is 4.90 Å². The molecule has 0 aliphatic heterocycles. The van der Waals surface area contributed by atoms with E-state index in [0.717, 1.165) is 17.3 Å². The molecule has 1 aromatic rings. The average molecular weight is 333 g/mol. The van der Waals surface area contributed by atoms with Gasteiger partial charge in [-0.1, -0.05) is 27.5 Å². The molecule has 0 atom stereocenters. The number of hydrogen-bond donors (Lipinski definition) is 1. The van der Waals surface area contributed by atoms with Crippen molar-refractivity contribution >= 4 is 39.4 Å². The van der Waals surface area contributed by atoms with Crippen LogP contribution in [0.5, 0.6) is 0 Å². The Bertz CT molecular complexity index is 502. The number of aliphatic carboxylic acids is 1. The van der Waals surface area contributed by atoms with Crippen molar-refractivity contribution in [3.8, 4) is 0 Å². The number of benzene rings is 1. The van der Waals surface area contributed by atoms with Gasteiger partial charge in [0.15, 0.2) is 0 Å². The number of carbonyl (C=O) groups excluding carboxylic acids is 1. The summed E-state index contributed by atoms with van der Waals surface area (Å²) in [5, 5.41) is 9.16. The minimum Gasteiger partial charge on any atom is -0.480 e. The fraction of sp³-hybridized carbons (Fsp3) is 0.333. The summed E-state index contributed by atoms with van der Waals surface area (Å²) < 4.78 is 0.778. The number of carboxylic acids is 1. The monoisotopic (exact) mass is 331 g/mol. The molecule has 0 saturated heterocycles. The SMILES string of the molecule is O=C(O)CN(C(=O)c1ccc(Br)cc1Cl)C1CC1. The Morgan fingerprint density at radius 1 is 1.44 bits per heavy atom. The summed E-state index contributed by atoms with van der Waals surface area (Å²) in [7, 11) is 0. The van der Waals surface area contributed by atoms with E-state index in [-0.39, 0.29) is 18.5 Å². The van der Waals surface area contributed by atoms with Crippen LogP contribution in [0.15, 0.2) is 22.7 Å². The molecule has 1 aromatic carbocycles. The zero-order valence-electron chi connectivity index (χ0n) is 9.40. The molecule has 0 spiro atoms. The van der Waals surface area contributed by atoms with Gasteiger partial charge in [-0.05, 0) is 31.0 Å². The molecule has 0 unspecified atom stereocenters. The van der Waals surface area contributed by atoms with E-state index >= 15 is 0 Å². The van der Waals surface area contributed by atoms with Crippen molar-refractivity contribution in [2.24, 2.45) is 0 Å². The van der Waals surface area contributed by atoms with Crippen molar-refractivity contribution in [3.63, 3.8) is 0 Å². The van der Waals surface area contributed by atoms with Crippen molar-refractivity contribution in [2.75, 3.05) is 6.54 Å². The van der Waals surface area contributed by atoms with Gasteiger partial charge in [-0.25, -0.2) is 0 Å². The number of hydrogen-bond acceptors (Lipinski definition) is 2. The smallest absolute Gasteiger partial charge is 0.323 e. The molecule has 1 amide bonds. The maximum atomic E-state index is 12.3. The summed E-state index contributed by atoms with van der Waals surface area (Å²) in [6.45, 7) is -0.282. The highest BCUT2D eigenvalue weighted by Gasteiger charge is 2.34. The lowest BCUT2D eigenvalue weighted by Crippen LogP contribution is -2.37. The van der Waals surface area contributed by atoms with Gasteiger partial charge in [-0.3, -0.25) is 9.59 Å². The molecule has 0 bridgehead atoms. The van der Waals surface area contributed by atoms with Crippen LogP contribution in [0, 0.1) is 0 Å². The zero-order valence-corrected chi connectivity index (χ0v) is 11.7. The topological polar surface area (TPSA) is 57.6 Å². The number of nitrogens with zero attached hydrogens (tertiary/aromatic N) is 1. The fourth-order valence-electron chi connectivity index (χ4n) is 1.72. The van der Waals surface area contributed by atoms with Gasteiger partial charge < -0.3 is 10.0 Å². The predicted molar refractivity (Wildman–Crippen MR) is 70.8 cm³/mol. The number of rotatable bonds is 4. The molecule has 96 valence electrons. The number of carboxylic acid groups (broad SMARTS) is 1. The maximum Gasteiger partial charge on any atom is 0.323 e. The second-order valence-electron chi connectivity index (χ2n) is 4.18. The van der Waals surface area contributed by atoms with Crippen LogP contribution in [0.1, 0.15) is 23.2 Å². The first-order valence-electron chi connectivity index (χ1n) is 5.47. The van der Waals surface area contributed by atoms with Crippen LogP contribution in [0.3, 0.4) is 0 Å². The molecule has 18 heavy (non-hydrogen) atoms. The largest absolute Gasteiger partial charge is 0.480 e. The van der Waals surface area contributed by atoms with Crippen LogP contribution < -0.4 is 0 Å². The Morgan fingerprint density at radius 3 is 2.61 bits per heavy atom. The lowest BCUT2D eigenvalue weighted by Gasteiger charge is -2.20. The van der Waals surface area contributed by atoms with Crippen molar-refractivity contribution in [1.29, 1.82) is 0 Å². The Kier molecular flexibility index (Phi) is 3.92. The lowest BCUT2D eigenvalue weighted by atomic mass is 10.2. The highest BCUT2D eigenvalue weighted by molar-refractivity contribution is 9.10. The Morgan fingerprint density at radius 2 is 2.11 bits per heavy atom. The molecule has 0 radical (unpaired) electrons. The third-order valence-corrected chi connectivity index (χ3v) is 3.52. The van der Waals surface area contributed by atoms with Crippen molar-refractivity contribution in [3.05, 3.63) is 33.3 Å². The first kappa shape index (κ1) is 13.4. The molecule has 4 nitrogen and oxygen atoms in total. The summed E-state index contributed by atoms with van der Waals surface area (Å²) in [6, 6.07) is 4.98. The predicted octanol–water partition coefficient (Wildman–Crippen LogP) is 2.79. The number of carbonyl (C=O) groups is 2. The number of amides is 1. The minimum atomic E-state index is -1.01. The van der Waals surface area contributed by atoms with Crippen molar-refractivity contribution in [1.82, 2.24) is 4.90 Å². The first-order valence-corrected chi connectivity index (χ1v) is 6.64. The minimum absolute atomic E-state index is 0.0355. The molecule has 1 saturated carbocycles. The van der Waals surface area contributed by atoms with Crippen LogP contribution in [0.25, 0.3) is 0 Å². The van der Waals surface area contributed by atoms with Gasteiger partial charge in [0.25, 0.3) is 5.91 Å². The standard InChI is InChI=1S/C12H11BrClNO3/c13-7-1-4-9(10(14)5-7)12(18)15(6-11(16)17)8-2-3-8/h1,4-5,8H,2-3,6H2,(H,16,17). The highest BCUT2D eigenvalue weighted by Crippen LogP contribution is 2.30. The summed E-state index contributed by atoms with van der Waals surface area (Å²) in [5.74, 6) is -1.33. The van der Waals surface area contributed by atoms with Gasteiger partial charge in [0, 0.05) is 10.5 Å². The fourth-order valence-corrected chi connectivity index (χ4v) is 2.47. The van der Waals surface area contributed by atoms with Gasteiger partial charge in [-0.15, -0.1) is 0 Å². The van der Waals surface area contributed by atoms with Crippen LogP contribution in [0.4, 0.5) is 0 Å². The van der Waals surface area contributed by atoms with Gasteiger partial charge in [0.1, 0.15) is 6.54 Å². The second-order valence-corrected chi connectivity index (χ2v) is 5.51. The summed E-state index contributed by atoms with van der Waals surface area (Å²) in [6.07, 6.45) is 1.71. The molecule has 1 aliphatic carbocycles. The average Bonchev–Trinajstić information content (AvgIpc) is 3.08. The second kappa shape index (κ2) is 5.28. The van der Waals surface area contributed by atoms with Gasteiger partial charge in [0.2, 0.25) is 0 Å². The molecule has 6 heteroatoms. The lowest BCUT2D eigenvalue weighted by molar-refractivity contribution is -0.137. The van der Waals surface area contributed by atoms with Gasteiger partial charge in [-0.2, -0.15) is 0 Å². The Labute approximate surface area is 118 Å². The Hall–Kier alpha value is -1.07. The summed E-state index contributed by atoms with van der Waals surface area (Å²) in [4.78, 5) is 24.4. The van der Waals surface area contributed by atoms with Gasteiger partial charge >= 0.3 is 5.97 Å². The third kappa shape index (κ3) is 3.03. The quantitative estimate of drug-likeness (QED) is 0.922. The van der Waals surface area contributed by atoms with Crippen molar-refractivity contribution < 1.29 is 14.7 Å². The first-order chi connectivity index (χ1) is 8.49. The van der Waals surface area contributed by atoms with Crippen LogP contribution in [0.2, 0.25) is 5.02 Å². The molecule has 1 aliphatic rings. The zero-order chi connectivity index (χ0) is 13.3. The maximum absolute atomic E-state index is 12.3. The highest BCUT2D eigenvalue weighted by atomic mass is 79.9. The van der Waals surface area contributed by atoms with Crippen LogP contribution in [-0.4, -0.2) is 34.5 Å². The van der Waals surface area contributed by atoms with Gasteiger partial charge in [0.05, 0.1) is 10.6 Å². The molecular weight excluding hydrogens is 321 g/mol. The van der Waals surface area contributed by atoms with E-state index in [9.17, 15) is 9.59 Å². The molecule has 1 N–H and O–H groups in total. The van der Waals surface area contributed by atoms with Crippen molar-refractivity contribution in [2.45, 2.75) is 18.9 Å². The van der Waals surface area contributed by atoms with E-state index in [4.69, 9.17) is 16.7 Å². The molecular formula is C12H11BrClNO3. The summed E-state index contributed by atoms with van der Waals surface area (Å²) >= 11 is 9.27. The van der Waals surface area contributed by atoms with Crippen LogP contribution in [-0.2, 0) is 4.79 Å². The van der Waals surface area contributed by atoms with Crippen LogP contribution >= 0.6 is 27.5 Å². The molecule has 0 heterocycles.